The molecule has 0 saturated carbocycles. The van der Waals surface area contributed by atoms with E-state index in [1.165, 1.54) is 11.5 Å². The van der Waals surface area contributed by atoms with Gasteiger partial charge in [-0.2, -0.15) is 0 Å². The summed E-state index contributed by atoms with van der Waals surface area (Å²) < 4.78 is 0. The van der Waals surface area contributed by atoms with Crippen molar-refractivity contribution in [3.8, 4) is 0 Å². The molecular weight excluding hydrogens is 138 g/mol. The fourth-order valence-corrected chi connectivity index (χ4v) is 1.11. The molecule has 2 heteroatoms. The summed E-state index contributed by atoms with van der Waals surface area (Å²) in [5.74, 6) is 0. The molecule has 0 amide bonds. The third-order valence-corrected chi connectivity index (χ3v) is 1.79. The van der Waals surface area contributed by atoms with Crippen LogP contribution < -0.4 is 0 Å². The minimum absolute atomic E-state index is 1.04. The number of rotatable bonds is 4. The average Bonchev–Trinajstić information content (AvgIpc) is 1.97. The van der Waals surface area contributed by atoms with Gasteiger partial charge in [-0.15, -0.1) is 14.1 Å². The van der Waals surface area contributed by atoms with Gasteiger partial charge in [0.2, 0.25) is 0 Å². The lowest BCUT2D eigenvalue weighted by molar-refractivity contribution is 1.61. The molecule has 1 unspecified atom stereocenters. The monoisotopic (exact) mass is 153 g/mol. The summed E-state index contributed by atoms with van der Waals surface area (Å²) in [5, 5.41) is 0. The van der Waals surface area contributed by atoms with E-state index < -0.39 is 0 Å². The van der Waals surface area contributed by atoms with E-state index in [4.69, 9.17) is 0 Å². The van der Waals surface area contributed by atoms with Crippen molar-refractivity contribution < 1.29 is 0 Å². The summed E-state index contributed by atoms with van der Waals surface area (Å²) >= 11 is 0. The fraction of sp³-hybridized carbons (Fsp3) is 0.500. The first kappa shape index (κ1) is 9.97. The second-order valence-electron chi connectivity index (χ2n) is 2.20. The molecule has 0 aromatic heterocycles. The largest absolute Gasteiger partial charge is 0.149 e. The van der Waals surface area contributed by atoms with Crippen LogP contribution in [0.25, 0.3) is 0 Å². The van der Waals surface area contributed by atoms with Crippen LogP contribution in [0.15, 0.2) is 23.7 Å². The summed E-state index contributed by atoms with van der Waals surface area (Å²) in [7, 11) is 3.31. The Hall–Kier alpha value is -0.0251. The summed E-state index contributed by atoms with van der Waals surface area (Å²) in [6, 6.07) is 1.22. The molecule has 0 spiro atoms. The summed E-state index contributed by atoms with van der Waals surface area (Å²) in [5.41, 5.74) is 1.37. The predicted molar refractivity (Wildman–Crippen MR) is 53.4 cm³/mol. The van der Waals surface area contributed by atoms with Crippen LogP contribution in [0.5, 0.6) is 0 Å². The molecule has 1 radical (unpaired) electrons. The molecule has 0 rings (SSSR count). The van der Waals surface area contributed by atoms with Crippen LogP contribution in [0.4, 0.5) is 0 Å². The highest BCUT2D eigenvalue weighted by atomic mass is 31.1. The van der Waals surface area contributed by atoms with Crippen molar-refractivity contribution in [3.05, 3.63) is 23.7 Å². The molecule has 0 bridgehead atoms. The molecule has 0 fully saturated rings. The van der Waals surface area contributed by atoms with Crippen molar-refractivity contribution in [3.63, 3.8) is 0 Å². The lowest BCUT2D eigenvalue weighted by Crippen LogP contribution is -1.94. The van der Waals surface area contributed by atoms with E-state index in [9.17, 15) is 0 Å². The predicted octanol–water partition coefficient (Wildman–Crippen LogP) is 2.44. The molecule has 0 aliphatic heterocycles. The molecule has 0 aliphatic carbocycles. The fourth-order valence-electron chi connectivity index (χ4n) is 0.579. The molecule has 0 aliphatic rings. The molecule has 0 aromatic rings. The van der Waals surface area contributed by atoms with E-state index in [0.717, 1.165) is 8.58 Å². The maximum atomic E-state index is 2.28. The summed E-state index contributed by atoms with van der Waals surface area (Å²) in [6.45, 7) is 6.39. The van der Waals surface area contributed by atoms with Gasteiger partial charge in [0.25, 0.3) is 0 Å². The Labute approximate surface area is 66.8 Å². The van der Waals surface area contributed by atoms with Crippen LogP contribution in [-0.2, 0) is 0 Å². The lowest BCUT2D eigenvalue weighted by atomic mass is 9.73. The van der Waals surface area contributed by atoms with Crippen molar-refractivity contribution in [1.29, 1.82) is 0 Å². The third-order valence-electron chi connectivity index (χ3n) is 1.18. The Morgan fingerprint density at radius 3 is 2.80 bits per heavy atom. The molecule has 0 aromatic carbocycles. The second kappa shape index (κ2) is 7.09. The zero-order chi connectivity index (χ0) is 7.82. The van der Waals surface area contributed by atoms with Gasteiger partial charge >= 0.3 is 0 Å². The highest BCUT2D eigenvalue weighted by Gasteiger charge is 1.88. The van der Waals surface area contributed by atoms with Gasteiger partial charge in [0.1, 0.15) is 7.28 Å². The number of hydrogen-bond donors (Lipinski definition) is 0. The van der Waals surface area contributed by atoms with E-state index in [0.29, 0.717) is 0 Å². The molecule has 10 heavy (non-hydrogen) atoms. The quantitative estimate of drug-likeness (QED) is 0.330. The second-order valence-corrected chi connectivity index (χ2v) is 3.31. The Balaban J connectivity index is 3.49. The lowest BCUT2D eigenvalue weighted by Gasteiger charge is -1.93. The molecule has 0 N–H and O–H groups in total. The van der Waals surface area contributed by atoms with Gasteiger partial charge in [-0.1, -0.05) is 31.2 Å². The van der Waals surface area contributed by atoms with E-state index in [2.05, 4.69) is 33.0 Å². The summed E-state index contributed by atoms with van der Waals surface area (Å²) in [4.78, 5) is 0. The first-order valence-corrected chi connectivity index (χ1v) is 5.29. The van der Waals surface area contributed by atoms with Crippen LogP contribution >= 0.6 is 8.58 Å². The van der Waals surface area contributed by atoms with Gasteiger partial charge < -0.3 is 0 Å². The normalized spacial score (nSPS) is 13.7. The van der Waals surface area contributed by atoms with Crippen molar-refractivity contribution in [1.82, 2.24) is 0 Å². The molecule has 0 saturated heterocycles. The van der Waals surface area contributed by atoms with E-state index in [-0.39, 0.29) is 0 Å². The molecule has 1 atom stereocenters. The van der Waals surface area contributed by atoms with Gasteiger partial charge in [0.15, 0.2) is 0 Å². The third kappa shape index (κ3) is 6.10. The molecule has 0 heterocycles. The van der Waals surface area contributed by atoms with Gasteiger partial charge in [-0.3, -0.25) is 0 Å². The Kier molecular flexibility index (Phi) is 7.07. The average molecular weight is 153 g/mol. The Bertz CT molecular complexity index is 127. The Morgan fingerprint density at radius 1 is 1.60 bits per heavy atom. The van der Waals surface area contributed by atoms with Crippen LogP contribution in [0, 0.1) is 0 Å². The molecule has 55 valence electrons. The van der Waals surface area contributed by atoms with Crippen molar-refractivity contribution in [2.24, 2.45) is 0 Å². The maximum absolute atomic E-state index is 2.28. The zero-order valence-electron chi connectivity index (χ0n) is 7.02. The van der Waals surface area contributed by atoms with Crippen LogP contribution in [-0.4, -0.2) is 20.0 Å². The van der Waals surface area contributed by atoms with E-state index in [1.54, 1.807) is 0 Å². The summed E-state index contributed by atoms with van der Waals surface area (Å²) in [6.07, 6.45) is 6.26. The van der Waals surface area contributed by atoms with Gasteiger partial charge in [-0.05, 0) is 13.6 Å². The van der Waals surface area contributed by atoms with Crippen molar-refractivity contribution in [2.75, 3.05) is 12.7 Å². The topological polar surface area (TPSA) is 0 Å². The standard InChI is InChI=1S/C8H15BP/c1-4-5-6-8(2)9-7-10-3/h4-6,10H,7H2,1-3H3/b5-4-,8-6+. The van der Waals surface area contributed by atoms with Gasteiger partial charge in [0.05, 0.1) is 0 Å². The number of hydrogen-bond acceptors (Lipinski definition) is 0. The Morgan fingerprint density at radius 2 is 2.30 bits per heavy atom. The zero-order valence-corrected chi connectivity index (χ0v) is 8.02. The van der Waals surface area contributed by atoms with Crippen LogP contribution in [0.1, 0.15) is 13.8 Å². The maximum Gasteiger partial charge on any atom is 0.149 e. The molecule has 0 nitrogen and oxygen atoms in total. The first-order valence-electron chi connectivity index (χ1n) is 3.58. The smallest absolute Gasteiger partial charge is 0.133 e. The van der Waals surface area contributed by atoms with Crippen molar-refractivity contribution in [2.45, 2.75) is 13.8 Å². The minimum atomic E-state index is 1.04. The highest BCUT2D eigenvalue weighted by Crippen LogP contribution is 2.02. The van der Waals surface area contributed by atoms with Crippen molar-refractivity contribution >= 4 is 15.9 Å². The van der Waals surface area contributed by atoms with Crippen LogP contribution in [0.3, 0.4) is 0 Å². The van der Waals surface area contributed by atoms with E-state index >= 15 is 0 Å². The SMILES string of the molecule is C/C=C\C=C(/C)[B]CPC. The highest BCUT2D eigenvalue weighted by molar-refractivity contribution is 7.39. The first-order chi connectivity index (χ1) is 4.81. The molecular formula is C8H15BP. The van der Waals surface area contributed by atoms with Gasteiger partial charge in [-0.25, -0.2) is 0 Å². The van der Waals surface area contributed by atoms with E-state index in [1.807, 2.05) is 13.0 Å². The van der Waals surface area contributed by atoms with Gasteiger partial charge in [0, 0.05) is 0 Å². The van der Waals surface area contributed by atoms with Crippen LogP contribution in [0.2, 0.25) is 0 Å². The minimum Gasteiger partial charge on any atom is -0.133 e. The number of allylic oxidation sites excluding steroid dienone is 4.